The number of rotatable bonds is 4. The van der Waals surface area contributed by atoms with Crippen molar-refractivity contribution in [1.82, 2.24) is 4.90 Å². The Morgan fingerprint density at radius 2 is 2.04 bits per heavy atom. The summed E-state index contributed by atoms with van der Waals surface area (Å²) in [5.41, 5.74) is 5.82. The van der Waals surface area contributed by atoms with E-state index in [1.807, 2.05) is 12.1 Å². The number of primary amides is 1. The molecule has 1 aliphatic heterocycles. The zero-order valence-corrected chi connectivity index (χ0v) is 13.8. The van der Waals surface area contributed by atoms with Gasteiger partial charge in [0.15, 0.2) is 0 Å². The quantitative estimate of drug-likeness (QED) is 0.867. The number of carbonyl (C=O) groups excluding carboxylic acids is 2. The minimum absolute atomic E-state index is 0.139. The molecule has 1 aromatic heterocycles. The van der Waals surface area contributed by atoms with E-state index in [1.54, 1.807) is 29.2 Å². The van der Waals surface area contributed by atoms with Crippen LogP contribution in [0.2, 0.25) is 0 Å². The summed E-state index contributed by atoms with van der Waals surface area (Å²) in [6.45, 7) is 0.922. The molecule has 24 heavy (non-hydrogen) atoms. The van der Waals surface area contributed by atoms with Crippen molar-refractivity contribution in [1.29, 1.82) is 0 Å². The molecule has 0 saturated carbocycles. The Morgan fingerprint density at radius 1 is 1.25 bits per heavy atom. The highest BCUT2D eigenvalue weighted by molar-refractivity contribution is 7.16. The molecule has 1 saturated heterocycles. The summed E-state index contributed by atoms with van der Waals surface area (Å²) < 4.78 is 13.8. The third-order valence-electron chi connectivity index (χ3n) is 4.06. The number of hydrogen-bond acceptors (Lipinski definition) is 3. The first-order valence-corrected chi connectivity index (χ1v) is 8.47. The second-order valence-corrected chi connectivity index (χ2v) is 6.80. The first-order chi connectivity index (χ1) is 11.5. The molecular weight excluding hydrogens is 327 g/mol. The van der Waals surface area contributed by atoms with Crippen LogP contribution in [0.1, 0.15) is 11.3 Å². The fraction of sp³-hybridized carbons (Fsp3) is 0.222. The summed E-state index contributed by atoms with van der Waals surface area (Å²) in [5, 5.41) is 0. The van der Waals surface area contributed by atoms with Gasteiger partial charge in [0.1, 0.15) is 5.82 Å². The van der Waals surface area contributed by atoms with E-state index in [-0.39, 0.29) is 23.5 Å². The van der Waals surface area contributed by atoms with E-state index in [0.29, 0.717) is 25.1 Å². The molecule has 0 spiro atoms. The fourth-order valence-corrected chi connectivity index (χ4v) is 3.64. The van der Waals surface area contributed by atoms with Gasteiger partial charge in [-0.15, -0.1) is 11.3 Å². The lowest BCUT2D eigenvalue weighted by molar-refractivity contribution is -0.125. The molecule has 2 N–H and O–H groups in total. The summed E-state index contributed by atoms with van der Waals surface area (Å²) in [7, 11) is 0. The van der Waals surface area contributed by atoms with Gasteiger partial charge in [0.05, 0.1) is 5.92 Å². The minimum Gasteiger partial charge on any atom is -0.369 e. The number of nitrogens with two attached hydrogens (primary N) is 1. The number of benzene rings is 1. The lowest BCUT2D eigenvalue weighted by atomic mass is 10.1. The minimum atomic E-state index is -0.359. The topological polar surface area (TPSA) is 63.4 Å². The van der Waals surface area contributed by atoms with Gasteiger partial charge in [0.25, 0.3) is 0 Å². The van der Waals surface area contributed by atoms with Crippen LogP contribution >= 0.6 is 11.3 Å². The summed E-state index contributed by atoms with van der Waals surface area (Å²) in [6.07, 6.45) is 3.82. The van der Waals surface area contributed by atoms with Crippen molar-refractivity contribution in [2.75, 3.05) is 13.1 Å². The van der Waals surface area contributed by atoms with E-state index < -0.39 is 0 Å². The largest absolute Gasteiger partial charge is 0.369 e. The average Bonchev–Trinajstić information content (AvgIpc) is 3.22. The Morgan fingerprint density at radius 3 is 2.75 bits per heavy atom. The normalized spacial score (nSPS) is 17.5. The maximum absolute atomic E-state index is 13.8. The van der Waals surface area contributed by atoms with Gasteiger partial charge in [0.2, 0.25) is 11.8 Å². The smallest absolute Gasteiger partial charge is 0.246 e. The summed E-state index contributed by atoms with van der Waals surface area (Å²) in [6, 6.07) is 10.3. The van der Waals surface area contributed by atoms with Gasteiger partial charge in [-0.25, -0.2) is 4.39 Å². The zero-order chi connectivity index (χ0) is 17.1. The van der Waals surface area contributed by atoms with Gasteiger partial charge in [-0.05, 0) is 30.7 Å². The van der Waals surface area contributed by atoms with E-state index in [4.69, 9.17) is 5.73 Å². The maximum Gasteiger partial charge on any atom is 0.246 e. The molecule has 124 valence electrons. The molecule has 1 aromatic carbocycles. The van der Waals surface area contributed by atoms with Gasteiger partial charge < -0.3 is 10.6 Å². The highest BCUT2D eigenvalue weighted by atomic mass is 32.1. The van der Waals surface area contributed by atoms with Crippen molar-refractivity contribution in [3.8, 4) is 10.4 Å². The molecule has 0 unspecified atom stereocenters. The van der Waals surface area contributed by atoms with Crippen molar-refractivity contribution in [2.45, 2.75) is 6.42 Å². The number of carbonyl (C=O) groups is 2. The second kappa shape index (κ2) is 6.97. The molecule has 1 atom stereocenters. The van der Waals surface area contributed by atoms with Crippen LogP contribution in [-0.2, 0) is 9.59 Å². The number of amides is 2. The Kier molecular flexibility index (Phi) is 4.76. The van der Waals surface area contributed by atoms with Crippen LogP contribution in [0.3, 0.4) is 0 Å². The molecule has 2 heterocycles. The van der Waals surface area contributed by atoms with Crippen LogP contribution < -0.4 is 5.73 Å². The van der Waals surface area contributed by atoms with Crippen molar-refractivity contribution in [2.24, 2.45) is 11.7 Å². The molecule has 1 fully saturated rings. The number of hydrogen-bond donors (Lipinski definition) is 1. The first-order valence-electron chi connectivity index (χ1n) is 7.65. The summed E-state index contributed by atoms with van der Waals surface area (Å²) in [4.78, 5) is 26.6. The van der Waals surface area contributed by atoms with Crippen LogP contribution in [0.5, 0.6) is 0 Å². The number of thiophene rings is 1. The van der Waals surface area contributed by atoms with E-state index in [9.17, 15) is 14.0 Å². The first kappa shape index (κ1) is 16.4. The van der Waals surface area contributed by atoms with Crippen molar-refractivity contribution < 1.29 is 14.0 Å². The summed E-state index contributed by atoms with van der Waals surface area (Å²) in [5.74, 6) is -1.01. The molecule has 0 radical (unpaired) electrons. The van der Waals surface area contributed by atoms with Gasteiger partial charge in [-0.2, -0.15) is 0 Å². The van der Waals surface area contributed by atoms with Gasteiger partial charge in [-0.3, -0.25) is 9.59 Å². The molecule has 4 nitrogen and oxygen atoms in total. The third-order valence-corrected chi connectivity index (χ3v) is 5.14. The monoisotopic (exact) mass is 344 g/mol. The lowest BCUT2D eigenvalue weighted by Crippen LogP contribution is -2.30. The standard InChI is InChI=1S/C18H17FN2O2S/c19-15-4-2-1-3-14(15)16-7-5-13(24-16)6-8-17(22)21-10-9-12(11-21)18(20)23/h1-8,12H,9-11H2,(H2,20,23)/b8-6+/t12-/m1/s1. The Hall–Kier alpha value is -2.47. The third kappa shape index (κ3) is 3.54. The lowest BCUT2D eigenvalue weighted by Gasteiger charge is -2.12. The van der Waals surface area contributed by atoms with Crippen LogP contribution in [0.25, 0.3) is 16.5 Å². The van der Waals surface area contributed by atoms with Crippen molar-refractivity contribution >= 4 is 29.2 Å². The molecule has 2 aromatic rings. The number of halogens is 1. The highest BCUT2D eigenvalue weighted by Gasteiger charge is 2.28. The van der Waals surface area contributed by atoms with Crippen LogP contribution in [0.4, 0.5) is 4.39 Å². The Balaban J connectivity index is 1.67. The van der Waals surface area contributed by atoms with E-state index in [2.05, 4.69) is 0 Å². The van der Waals surface area contributed by atoms with Crippen molar-refractivity contribution in [3.63, 3.8) is 0 Å². The molecule has 0 bridgehead atoms. The van der Waals surface area contributed by atoms with Gasteiger partial charge >= 0.3 is 0 Å². The maximum atomic E-state index is 13.8. The van der Waals surface area contributed by atoms with Crippen LogP contribution in [-0.4, -0.2) is 29.8 Å². The number of nitrogens with zero attached hydrogens (tertiary/aromatic N) is 1. The predicted octanol–water partition coefficient (Wildman–Crippen LogP) is 2.90. The Bertz CT molecular complexity index is 800. The summed E-state index contributed by atoms with van der Waals surface area (Å²) >= 11 is 1.42. The molecule has 1 aliphatic rings. The number of likely N-dealkylation sites (tertiary alicyclic amines) is 1. The van der Waals surface area contributed by atoms with Crippen LogP contribution in [0, 0.1) is 11.7 Å². The molecule has 0 aliphatic carbocycles. The van der Waals surface area contributed by atoms with E-state index in [0.717, 1.165) is 9.75 Å². The second-order valence-electron chi connectivity index (χ2n) is 5.69. The fourth-order valence-electron chi connectivity index (χ4n) is 2.70. The van der Waals surface area contributed by atoms with E-state index >= 15 is 0 Å². The predicted molar refractivity (Wildman–Crippen MR) is 92.6 cm³/mol. The Labute approximate surface area is 143 Å². The molecular formula is C18H17FN2O2S. The van der Waals surface area contributed by atoms with Crippen molar-refractivity contribution in [3.05, 3.63) is 53.2 Å². The van der Waals surface area contributed by atoms with Gasteiger partial charge in [0, 0.05) is 34.5 Å². The molecule has 3 rings (SSSR count). The zero-order valence-electron chi connectivity index (χ0n) is 12.9. The van der Waals surface area contributed by atoms with E-state index in [1.165, 1.54) is 23.5 Å². The average molecular weight is 344 g/mol. The molecule has 6 heteroatoms. The van der Waals surface area contributed by atoms with Gasteiger partial charge in [-0.1, -0.05) is 18.2 Å². The van der Waals surface area contributed by atoms with Crippen LogP contribution in [0.15, 0.2) is 42.5 Å². The SMILES string of the molecule is NC(=O)[C@@H]1CCN(C(=O)/C=C/c2ccc(-c3ccccc3F)s2)C1. The highest BCUT2D eigenvalue weighted by Crippen LogP contribution is 2.30. The molecule has 2 amide bonds.